The summed E-state index contributed by atoms with van der Waals surface area (Å²) in [5.74, 6) is 0.168. The molecular formula is C16H24FNO. The van der Waals surface area contributed by atoms with E-state index in [1.54, 1.807) is 6.07 Å². The van der Waals surface area contributed by atoms with Gasteiger partial charge in [-0.15, -0.1) is 0 Å². The molecule has 19 heavy (non-hydrogen) atoms. The zero-order valence-electron chi connectivity index (χ0n) is 12.0. The Labute approximate surface area is 115 Å². The van der Waals surface area contributed by atoms with Crippen LogP contribution < -0.4 is 10.1 Å². The molecule has 106 valence electrons. The molecule has 0 bridgehead atoms. The first-order valence-electron chi connectivity index (χ1n) is 7.23. The van der Waals surface area contributed by atoms with Crippen LogP contribution in [0.4, 0.5) is 4.39 Å². The van der Waals surface area contributed by atoms with Gasteiger partial charge in [0.05, 0.1) is 7.11 Å². The maximum absolute atomic E-state index is 14.3. The van der Waals surface area contributed by atoms with Gasteiger partial charge >= 0.3 is 0 Å². The summed E-state index contributed by atoms with van der Waals surface area (Å²) in [6, 6.07) is 5.46. The van der Waals surface area contributed by atoms with Gasteiger partial charge in [-0.2, -0.15) is 0 Å². The van der Waals surface area contributed by atoms with E-state index >= 15 is 0 Å². The largest absolute Gasteiger partial charge is 0.494 e. The maximum atomic E-state index is 14.3. The fourth-order valence-corrected chi connectivity index (χ4v) is 3.19. The van der Waals surface area contributed by atoms with E-state index in [1.807, 2.05) is 12.1 Å². The summed E-state index contributed by atoms with van der Waals surface area (Å²) in [5.41, 5.74) is 1.02. The fourth-order valence-electron chi connectivity index (χ4n) is 3.19. The molecule has 0 radical (unpaired) electrons. The summed E-state index contributed by atoms with van der Waals surface area (Å²) in [5, 5.41) is 3.45. The van der Waals surface area contributed by atoms with Crippen molar-refractivity contribution in [3.63, 3.8) is 0 Å². The molecule has 0 spiro atoms. The molecule has 0 saturated heterocycles. The average Bonchev–Trinajstić information content (AvgIpc) is 2.88. The fraction of sp³-hybridized carbons (Fsp3) is 0.625. The molecule has 1 fully saturated rings. The third-order valence-corrected chi connectivity index (χ3v) is 4.24. The van der Waals surface area contributed by atoms with Crippen LogP contribution in [-0.4, -0.2) is 20.2 Å². The lowest BCUT2D eigenvalue weighted by molar-refractivity contribution is 0.275. The lowest BCUT2D eigenvalue weighted by Gasteiger charge is -2.29. The second-order valence-electron chi connectivity index (χ2n) is 5.60. The van der Waals surface area contributed by atoms with Crippen LogP contribution in [0.2, 0.25) is 0 Å². The standard InChI is InChI=1S/C16H24FNO/c1-3-18-12-16(9-4-5-10-16)11-13-7-6-8-14(19-2)15(13)17/h6-8,18H,3-5,9-12H2,1-2H3. The van der Waals surface area contributed by atoms with E-state index in [0.717, 1.165) is 25.1 Å². The molecule has 1 aliphatic rings. The van der Waals surface area contributed by atoms with Crippen LogP contribution in [-0.2, 0) is 6.42 Å². The van der Waals surface area contributed by atoms with Crippen molar-refractivity contribution < 1.29 is 9.13 Å². The first-order valence-corrected chi connectivity index (χ1v) is 7.23. The van der Waals surface area contributed by atoms with Crippen molar-refractivity contribution >= 4 is 0 Å². The van der Waals surface area contributed by atoms with E-state index in [4.69, 9.17) is 4.74 Å². The van der Waals surface area contributed by atoms with Crippen molar-refractivity contribution in [1.82, 2.24) is 5.32 Å². The highest BCUT2D eigenvalue weighted by Crippen LogP contribution is 2.41. The second-order valence-corrected chi connectivity index (χ2v) is 5.60. The van der Waals surface area contributed by atoms with Crippen LogP contribution in [0.3, 0.4) is 0 Å². The monoisotopic (exact) mass is 265 g/mol. The molecule has 0 atom stereocenters. The lowest BCUT2D eigenvalue weighted by atomic mass is 9.79. The van der Waals surface area contributed by atoms with E-state index in [0.29, 0.717) is 5.75 Å². The lowest BCUT2D eigenvalue weighted by Crippen LogP contribution is -2.34. The van der Waals surface area contributed by atoms with Gasteiger partial charge in [0.15, 0.2) is 11.6 Å². The topological polar surface area (TPSA) is 21.3 Å². The Morgan fingerprint density at radius 2 is 2.05 bits per heavy atom. The number of nitrogens with one attached hydrogen (secondary N) is 1. The third kappa shape index (κ3) is 3.27. The number of hydrogen-bond donors (Lipinski definition) is 1. The van der Waals surface area contributed by atoms with Crippen molar-refractivity contribution in [3.8, 4) is 5.75 Å². The van der Waals surface area contributed by atoms with Gasteiger partial charge in [-0.3, -0.25) is 0 Å². The molecule has 1 N–H and O–H groups in total. The van der Waals surface area contributed by atoms with Crippen LogP contribution in [0.5, 0.6) is 5.75 Å². The number of rotatable bonds is 6. The highest BCUT2D eigenvalue weighted by atomic mass is 19.1. The molecule has 0 aromatic heterocycles. The van der Waals surface area contributed by atoms with Crippen molar-refractivity contribution in [2.75, 3.05) is 20.2 Å². The van der Waals surface area contributed by atoms with Gasteiger partial charge in [-0.05, 0) is 42.9 Å². The van der Waals surface area contributed by atoms with E-state index < -0.39 is 0 Å². The summed E-state index contributed by atoms with van der Waals surface area (Å²) >= 11 is 0. The molecule has 1 aromatic carbocycles. The van der Waals surface area contributed by atoms with Gasteiger partial charge in [0.1, 0.15) is 0 Å². The number of benzene rings is 1. The van der Waals surface area contributed by atoms with Crippen molar-refractivity contribution in [2.24, 2.45) is 5.41 Å². The summed E-state index contributed by atoms with van der Waals surface area (Å²) in [6.45, 7) is 4.08. The maximum Gasteiger partial charge on any atom is 0.168 e. The first-order chi connectivity index (χ1) is 9.21. The molecule has 2 rings (SSSR count). The molecule has 0 amide bonds. The van der Waals surface area contributed by atoms with Gasteiger partial charge in [-0.25, -0.2) is 4.39 Å². The van der Waals surface area contributed by atoms with Crippen molar-refractivity contribution in [2.45, 2.75) is 39.0 Å². The van der Waals surface area contributed by atoms with Gasteiger partial charge in [0.25, 0.3) is 0 Å². The van der Waals surface area contributed by atoms with Gasteiger partial charge in [0.2, 0.25) is 0 Å². The smallest absolute Gasteiger partial charge is 0.168 e. The van der Waals surface area contributed by atoms with Crippen molar-refractivity contribution in [3.05, 3.63) is 29.6 Å². The normalized spacial score (nSPS) is 17.6. The van der Waals surface area contributed by atoms with Crippen LogP contribution in [0.25, 0.3) is 0 Å². The molecule has 0 heterocycles. The summed E-state index contributed by atoms with van der Waals surface area (Å²) in [7, 11) is 1.52. The molecule has 1 aromatic rings. The Bertz CT molecular complexity index is 413. The van der Waals surface area contributed by atoms with Gasteiger partial charge in [0, 0.05) is 6.54 Å². The van der Waals surface area contributed by atoms with Gasteiger partial charge < -0.3 is 10.1 Å². The molecule has 3 heteroatoms. The minimum Gasteiger partial charge on any atom is -0.494 e. The van der Waals surface area contributed by atoms with E-state index in [9.17, 15) is 4.39 Å². The predicted molar refractivity (Wildman–Crippen MR) is 76.1 cm³/mol. The highest BCUT2D eigenvalue weighted by Gasteiger charge is 2.34. The van der Waals surface area contributed by atoms with Gasteiger partial charge in [-0.1, -0.05) is 31.9 Å². The van der Waals surface area contributed by atoms with Crippen molar-refractivity contribution in [1.29, 1.82) is 0 Å². The van der Waals surface area contributed by atoms with Crippen LogP contribution in [0, 0.1) is 11.2 Å². The zero-order chi connectivity index (χ0) is 13.7. The minimum atomic E-state index is -0.187. The quantitative estimate of drug-likeness (QED) is 0.849. The Hall–Kier alpha value is -1.09. The molecule has 0 unspecified atom stereocenters. The van der Waals surface area contributed by atoms with E-state index in [2.05, 4.69) is 12.2 Å². The SMILES string of the molecule is CCNCC1(Cc2cccc(OC)c2F)CCCC1. The Morgan fingerprint density at radius 3 is 2.68 bits per heavy atom. The number of halogens is 1. The number of hydrogen-bond acceptors (Lipinski definition) is 2. The molecule has 1 saturated carbocycles. The molecule has 2 nitrogen and oxygen atoms in total. The van der Waals surface area contributed by atoms with Crippen LogP contribution >= 0.6 is 0 Å². The Kier molecular flexibility index (Phi) is 4.81. The summed E-state index contributed by atoms with van der Waals surface area (Å²) in [4.78, 5) is 0. The first kappa shape index (κ1) is 14.3. The Balaban J connectivity index is 2.17. The average molecular weight is 265 g/mol. The molecular weight excluding hydrogens is 241 g/mol. The second kappa shape index (κ2) is 6.38. The number of ether oxygens (including phenoxy) is 1. The predicted octanol–water partition coefficient (Wildman–Crippen LogP) is 3.55. The summed E-state index contributed by atoms with van der Waals surface area (Å²) in [6.07, 6.45) is 5.71. The van der Waals surface area contributed by atoms with Crippen LogP contribution in [0.15, 0.2) is 18.2 Å². The number of methoxy groups -OCH3 is 1. The highest BCUT2D eigenvalue weighted by molar-refractivity contribution is 5.32. The molecule has 0 aliphatic heterocycles. The minimum absolute atomic E-state index is 0.187. The summed E-state index contributed by atoms with van der Waals surface area (Å²) < 4.78 is 19.3. The van der Waals surface area contributed by atoms with E-state index in [1.165, 1.54) is 32.8 Å². The van der Waals surface area contributed by atoms with E-state index in [-0.39, 0.29) is 11.2 Å². The zero-order valence-corrected chi connectivity index (χ0v) is 12.0. The van der Waals surface area contributed by atoms with Crippen LogP contribution in [0.1, 0.15) is 38.2 Å². The third-order valence-electron chi connectivity index (χ3n) is 4.24. The molecule has 1 aliphatic carbocycles. The Morgan fingerprint density at radius 1 is 1.32 bits per heavy atom.